The Balaban J connectivity index is 1.66. The van der Waals surface area contributed by atoms with Gasteiger partial charge in [-0.05, 0) is 19.8 Å². The molecule has 7 nitrogen and oxygen atoms in total. The molecule has 7 heteroatoms. The van der Waals surface area contributed by atoms with Crippen LogP contribution in [0.5, 0.6) is 0 Å². The maximum atomic E-state index is 12.6. The highest BCUT2D eigenvalue weighted by Crippen LogP contribution is 2.32. The molecule has 3 rings (SSSR count). The van der Waals surface area contributed by atoms with Crippen molar-refractivity contribution in [1.82, 2.24) is 19.8 Å². The van der Waals surface area contributed by atoms with E-state index in [-0.39, 0.29) is 11.9 Å². The number of urea groups is 1. The molecule has 136 valence electrons. The molecule has 1 aliphatic carbocycles. The smallest absolute Gasteiger partial charge is 0.323 e. The van der Waals surface area contributed by atoms with Gasteiger partial charge in [0.15, 0.2) is 0 Å². The van der Waals surface area contributed by atoms with E-state index < -0.39 is 0 Å². The third-order valence-corrected chi connectivity index (χ3v) is 4.77. The molecule has 0 saturated heterocycles. The van der Waals surface area contributed by atoms with E-state index in [2.05, 4.69) is 15.6 Å². The lowest BCUT2D eigenvalue weighted by Gasteiger charge is -2.19. The van der Waals surface area contributed by atoms with E-state index in [1.54, 1.807) is 11.9 Å². The lowest BCUT2D eigenvalue weighted by molar-refractivity contribution is 0.219. The van der Waals surface area contributed by atoms with Crippen LogP contribution in [0.2, 0.25) is 0 Å². The Labute approximate surface area is 148 Å². The normalized spacial score (nSPS) is 15.1. The predicted octanol–water partition coefficient (Wildman–Crippen LogP) is 4.08. The number of amides is 2. The largest absolute Gasteiger partial charge is 0.361 e. The van der Waals surface area contributed by atoms with Crippen LogP contribution in [0.4, 0.5) is 10.6 Å². The quantitative estimate of drug-likeness (QED) is 0.886. The first-order chi connectivity index (χ1) is 12.0. The van der Waals surface area contributed by atoms with Crippen LogP contribution in [0.3, 0.4) is 0 Å². The second kappa shape index (κ2) is 7.29. The summed E-state index contributed by atoms with van der Waals surface area (Å²) >= 11 is 0. The van der Waals surface area contributed by atoms with Crippen molar-refractivity contribution in [2.24, 2.45) is 0 Å². The number of hydrogen-bond donors (Lipinski definition) is 1. The van der Waals surface area contributed by atoms with Gasteiger partial charge in [-0.25, -0.2) is 9.48 Å². The number of anilines is 1. The maximum absolute atomic E-state index is 12.6. The van der Waals surface area contributed by atoms with E-state index in [0.717, 1.165) is 35.7 Å². The number of rotatable bonds is 5. The Morgan fingerprint density at radius 1 is 1.44 bits per heavy atom. The van der Waals surface area contributed by atoms with Gasteiger partial charge in [0.25, 0.3) is 0 Å². The summed E-state index contributed by atoms with van der Waals surface area (Å²) in [5.41, 5.74) is 1.74. The van der Waals surface area contributed by atoms with E-state index in [0.29, 0.717) is 12.6 Å². The van der Waals surface area contributed by atoms with Crippen LogP contribution in [0, 0.1) is 6.92 Å². The average molecular weight is 345 g/mol. The summed E-state index contributed by atoms with van der Waals surface area (Å²) in [7, 11) is 1.75. The highest BCUT2D eigenvalue weighted by atomic mass is 16.5. The van der Waals surface area contributed by atoms with E-state index in [9.17, 15) is 4.79 Å². The highest BCUT2D eigenvalue weighted by Gasteiger charge is 2.23. The van der Waals surface area contributed by atoms with Crippen molar-refractivity contribution in [3.05, 3.63) is 29.3 Å². The Morgan fingerprint density at radius 2 is 2.16 bits per heavy atom. The monoisotopic (exact) mass is 345 g/mol. The minimum atomic E-state index is -0.169. The molecule has 0 aliphatic heterocycles. The van der Waals surface area contributed by atoms with Gasteiger partial charge in [0.1, 0.15) is 17.3 Å². The van der Waals surface area contributed by atoms with Crippen molar-refractivity contribution in [3.63, 3.8) is 0 Å². The Bertz CT molecular complexity index is 728. The minimum Gasteiger partial charge on any atom is -0.361 e. The zero-order valence-electron chi connectivity index (χ0n) is 15.5. The molecule has 0 unspecified atom stereocenters. The molecule has 0 aromatic carbocycles. The second-order valence-electron chi connectivity index (χ2n) is 7.22. The molecular formula is C18H27N5O2. The van der Waals surface area contributed by atoms with Gasteiger partial charge in [-0.15, -0.1) is 0 Å². The fraction of sp³-hybridized carbons (Fsp3) is 0.611. The van der Waals surface area contributed by atoms with Gasteiger partial charge in [0.2, 0.25) is 0 Å². The van der Waals surface area contributed by atoms with E-state index >= 15 is 0 Å². The molecule has 1 aliphatic rings. The molecule has 0 radical (unpaired) electrons. The van der Waals surface area contributed by atoms with E-state index in [1.165, 1.54) is 12.8 Å². The molecule has 1 N–H and O–H groups in total. The van der Waals surface area contributed by atoms with Gasteiger partial charge in [-0.2, -0.15) is 5.10 Å². The van der Waals surface area contributed by atoms with Crippen LogP contribution in [-0.2, 0) is 6.54 Å². The number of carbonyl (C=O) groups is 1. The van der Waals surface area contributed by atoms with Gasteiger partial charge in [0.05, 0.1) is 18.8 Å². The van der Waals surface area contributed by atoms with Crippen molar-refractivity contribution in [1.29, 1.82) is 0 Å². The Hall–Kier alpha value is -2.31. The minimum absolute atomic E-state index is 0.169. The van der Waals surface area contributed by atoms with Gasteiger partial charge in [-0.3, -0.25) is 5.32 Å². The first-order valence-corrected chi connectivity index (χ1v) is 8.97. The average Bonchev–Trinajstić information content (AvgIpc) is 3.29. The predicted molar refractivity (Wildman–Crippen MR) is 95.5 cm³/mol. The summed E-state index contributed by atoms with van der Waals surface area (Å²) in [6.45, 7) is 6.47. The number of aromatic nitrogens is 3. The molecule has 0 bridgehead atoms. The van der Waals surface area contributed by atoms with Gasteiger partial charge in [-0.1, -0.05) is 31.8 Å². The summed E-state index contributed by atoms with van der Waals surface area (Å²) in [5, 5.41) is 11.5. The first-order valence-electron chi connectivity index (χ1n) is 8.97. The van der Waals surface area contributed by atoms with E-state index in [1.807, 2.05) is 37.7 Å². The number of hydrogen-bond acceptors (Lipinski definition) is 4. The molecule has 2 aromatic rings. The summed E-state index contributed by atoms with van der Waals surface area (Å²) in [4.78, 5) is 14.2. The zero-order valence-corrected chi connectivity index (χ0v) is 15.5. The number of aryl methyl sites for hydroxylation is 1. The molecule has 1 fully saturated rings. The lowest BCUT2D eigenvalue weighted by Crippen LogP contribution is -2.32. The van der Waals surface area contributed by atoms with Crippen molar-refractivity contribution in [3.8, 4) is 0 Å². The lowest BCUT2D eigenvalue weighted by atomic mass is 10.1. The van der Waals surface area contributed by atoms with Crippen LogP contribution in [0.25, 0.3) is 0 Å². The molecule has 2 aromatic heterocycles. The summed E-state index contributed by atoms with van der Waals surface area (Å²) in [6, 6.07) is 2.12. The highest BCUT2D eigenvalue weighted by molar-refractivity contribution is 5.88. The van der Waals surface area contributed by atoms with Crippen LogP contribution >= 0.6 is 0 Å². The Morgan fingerprint density at radius 3 is 2.80 bits per heavy atom. The van der Waals surface area contributed by atoms with Crippen molar-refractivity contribution in [2.45, 2.75) is 65.0 Å². The Kier molecular flexibility index (Phi) is 5.11. The van der Waals surface area contributed by atoms with Crippen LogP contribution in [0.1, 0.15) is 68.5 Å². The second-order valence-corrected chi connectivity index (χ2v) is 7.22. The van der Waals surface area contributed by atoms with Gasteiger partial charge in [0, 0.05) is 24.6 Å². The number of nitrogens with one attached hydrogen (secondary N) is 1. The van der Waals surface area contributed by atoms with Crippen molar-refractivity contribution < 1.29 is 9.32 Å². The van der Waals surface area contributed by atoms with Crippen molar-refractivity contribution in [2.75, 3.05) is 12.4 Å². The molecule has 2 heterocycles. The molecule has 1 saturated carbocycles. The third kappa shape index (κ3) is 3.86. The molecule has 0 spiro atoms. The molecule has 0 atom stereocenters. The number of carbonyl (C=O) groups excluding carboxylic acids is 1. The first kappa shape index (κ1) is 17.5. The maximum Gasteiger partial charge on any atom is 0.323 e. The summed E-state index contributed by atoms with van der Waals surface area (Å²) < 4.78 is 7.27. The standard InChI is InChI=1S/C18H27N5O2/c1-12(2)16-9-14(21-25-16)11-22(4)18(24)20-17-13(3)10-19-23(17)15-7-5-6-8-15/h9-10,12,15H,5-8,11H2,1-4H3,(H,20,24). The SMILES string of the molecule is Cc1cnn(C2CCCC2)c1NC(=O)N(C)Cc1cc(C(C)C)on1. The fourth-order valence-corrected chi connectivity index (χ4v) is 3.22. The van der Waals surface area contributed by atoms with Crippen LogP contribution < -0.4 is 5.32 Å². The topological polar surface area (TPSA) is 76.2 Å². The van der Waals surface area contributed by atoms with Crippen LogP contribution in [0.15, 0.2) is 16.8 Å². The van der Waals surface area contributed by atoms with Crippen molar-refractivity contribution >= 4 is 11.8 Å². The molecule has 25 heavy (non-hydrogen) atoms. The summed E-state index contributed by atoms with van der Waals surface area (Å²) in [6.07, 6.45) is 6.51. The van der Waals surface area contributed by atoms with Gasteiger partial charge >= 0.3 is 6.03 Å². The molecule has 2 amide bonds. The van der Waals surface area contributed by atoms with E-state index in [4.69, 9.17) is 4.52 Å². The van der Waals surface area contributed by atoms with Crippen LogP contribution in [-0.4, -0.2) is 32.9 Å². The zero-order chi connectivity index (χ0) is 18.0. The van der Waals surface area contributed by atoms with Gasteiger partial charge < -0.3 is 9.42 Å². The third-order valence-electron chi connectivity index (χ3n) is 4.77. The fourth-order valence-electron chi connectivity index (χ4n) is 3.22. The summed E-state index contributed by atoms with van der Waals surface area (Å²) in [5.74, 6) is 1.91. The molecular weight excluding hydrogens is 318 g/mol. The number of nitrogens with zero attached hydrogens (tertiary/aromatic N) is 4.